The van der Waals surface area contributed by atoms with Gasteiger partial charge >= 0.3 is 0 Å². The zero-order valence-corrected chi connectivity index (χ0v) is 20.3. The number of ether oxygens (including phenoxy) is 1. The molecule has 4 rings (SSSR count). The van der Waals surface area contributed by atoms with Crippen LogP contribution in [0.3, 0.4) is 0 Å². The maximum Gasteiger partial charge on any atom is 0.228 e. The number of hydrogen-bond donors (Lipinski definition) is 0. The number of amides is 2. The molecule has 0 radical (unpaired) electrons. The SMILES string of the molecule is COCCCN(C[C@@H]1CCCN2CCCC[C@H]12)C(=O)[C@@H]1CC(=O)N(CCc2ccccc2)C1. The second-order valence-electron chi connectivity index (χ2n) is 10.1. The monoisotopic (exact) mass is 455 g/mol. The Labute approximate surface area is 199 Å². The van der Waals surface area contributed by atoms with Crippen LogP contribution in [0.2, 0.25) is 0 Å². The molecule has 6 nitrogen and oxygen atoms in total. The summed E-state index contributed by atoms with van der Waals surface area (Å²) in [5, 5.41) is 0. The Morgan fingerprint density at radius 3 is 2.76 bits per heavy atom. The molecule has 0 unspecified atom stereocenters. The van der Waals surface area contributed by atoms with Crippen LogP contribution in [0, 0.1) is 11.8 Å². The molecule has 0 saturated carbocycles. The molecule has 6 heteroatoms. The van der Waals surface area contributed by atoms with Crippen LogP contribution in [0.1, 0.15) is 50.5 Å². The lowest BCUT2D eigenvalue weighted by molar-refractivity contribution is -0.137. The first-order chi connectivity index (χ1) is 16.2. The van der Waals surface area contributed by atoms with Crippen LogP contribution in [0.25, 0.3) is 0 Å². The lowest BCUT2D eigenvalue weighted by Crippen LogP contribution is -2.52. The highest BCUT2D eigenvalue weighted by Gasteiger charge is 2.39. The number of carbonyl (C=O) groups is 2. The van der Waals surface area contributed by atoms with E-state index in [0.29, 0.717) is 38.1 Å². The summed E-state index contributed by atoms with van der Waals surface area (Å²) in [5.41, 5.74) is 1.23. The number of piperidine rings is 2. The van der Waals surface area contributed by atoms with Gasteiger partial charge in [-0.3, -0.25) is 9.59 Å². The van der Waals surface area contributed by atoms with Gasteiger partial charge in [0.1, 0.15) is 0 Å². The number of likely N-dealkylation sites (tertiary alicyclic amines) is 1. The third-order valence-electron chi connectivity index (χ3n) is 7.85. The molecule has 3 heterocycles. The largest absolute Gasteiger partial charge is 0.385 e. The Morgan fingerprint density at radius 1 is 1.12 bits per heavy atom. The highest BCUT2D eigenvalue weighted by atomic mass is 16.5. The Morgan fingerprint density at radius 2 is 1.94 bits per heavy atom. The van der Waals surface area contributed by atoms with Gasteiger partial charge in [0.2, 0.25) is 11.8 Å². The molecule has 0 bridgehead atoms. The Bertz CT molecular complexity index is 769. The lowest BCUT2D eigenvalue weighted by Gasteiger charge is -2.46. The van der Waals surface area contributed by atoms with Crippen molar-refractivity contribution in [2.75, 3.05) is 53.0 Å². The van der Waals surface area contributed by atoms with Gasteiger partial charge in [-0.2, -0.15) is 0 Å². The van der Waals surface area contributed by atoms with Crippen molar-refractivity contribution < 1.29 is 14.3 Å². The number of benzene rings is 1. The van der Waals surface area contributed by atoms with E-state index in [1.807, 2.05) is 23.1 Å². The standard InChI is InChI=1S/C27H41N3O3/c1-33-18-8-16-30(20-23-11-7-15-28-14-6-5-12-25(23)28)27(32)24-19-26(31)29(21-24)17-13-22-9-3-2-4-10-22/h2-4,9-10,23-25H,5-8,11-21H2,1H3/t23-,24+,25+/m0/s1. The van der Waals surface area contributed by atoms with Crippen LogP contribution >= 0.6 is 0 Å². The summed E-state index contributed by atoms with van der Waals surface area (Å²) >= 11 is 0. The lowest BCUT2D eigenvalue weighted by atomic mass is 9.83. The van der Waals surface area contributed by atoms with Gasteiger partial charge in [0.25, 0.3) is 0 Å². The molecule has 1 aromatic rings. The van der Waals surface area contributed by atoms with Gasteiger partial charge in [0, 0.05) is 52.4 Å². The fourth-order valence-electron chi connectivity index (χ4n) is 6.09. The number of rotatable bonds is 10. The molecule has 3 atom stereocenters. The molecule has 0 N–H and O–H groups in total. The molecule has 182 valence electrons. The van der Waals surface area contributed by atoms with E-state index in [4.69, 9.17) is 4.74 Å². The minimum Gasteiger partial charge on any atom is -0.385 e. The van der Waals surface area contributed by atoms with Crippen LogP contribution in [0.5, 0.6) is 0 Å². The van der Waals surface area contributed by atoms with Crippen molar-refractivity contribution in [2.24, 2.45) is 11.8 Å². The van der Waals surface area contributed by atoms with E-state index in [9.17, 15) is 9.59 Å². The smallest absolute Gasteiger partial charge is 0.228 e. The van der Waals surface area contributed by atoms with E-state index in [-0.39, 0.29) is 17.7 Å². The minimum atomic E-state index is -0.207. The van der Waals surface area contributed by atoms with Crippen molar-refractivity contribution in [3.8, 4) is 0 Å². The van der Waals surface area contributed by atoms with Gasteiger partial charge in [-0.15, -0.1) is 0 Å². The number of methoxy groups -OCH3 is 1. The molecular weight excluding hydrogens is 414 g/mol. The molecular formula is C27H41N3O3. The van der Waals surface area contributed by atoms with Crippen LogP contribution in [0.4, 0.5) is 0 Å². The molecule has 3 saturated heterocycles. The van der Waals surface area contributed by atoms with E-state index >= 15 is 0 Å². The second-order valence-corrected chi connectivity index (χ2v) is 10.1. The first-order valence-electron chi connectivity index (χ1n) is 13.0. The van der Waals surface area contributed by atoms with Crippen LogP contribution in [0.15, 0.2) is 30.3 Å². The van der Waals surface area contributed by atoms with E-state index in [2.05, 4.69) is 21.9 Å². The van der Waals surface area contributed by atoms with Crippen molar-refractivity contribution in [3.05, 3.63) is 35.9 Å². The molecule has 3 aliphatic rings. The second kappa shape index (κ2) is 12.0. The predicted octanol–water partition coefficient (Wildman–Crippen LogP) is 3.21. The summed E-state index contributed by atoms with van der Waals surface area (Å²) in [6.07, 6.45) is 8.37. The fourth-order valence-corrected chi connectivity index (χ4v) is 6.09. The van der Waals surface area contributed by atoms with Gasteiger partial charge in [-0.1, -0.05) is 36.8 Å². The summed E-state index contributed by atoms with van der Waals surface area (Å²) in [6.45, 7) is 5.90. The molecule has 3 fully saturated rings. The number of hydrogen-bond acceptors (Lipinski definition) is 4. The number of carbonyl (C=O) groups excluding carboxylic acids is 2. The van der Waals surface area contributed by atoms with Crippen LogP contribution < -0.4 is 0 Å². The summed E-state index contributed by atoms with van der Waals surface area (Å²) in [7, 11) is 1.72. The van der Waals surface area contributed by atoms with Gasteiger partial charge in [-0.25, -0.2) is 0 Å². The van der Waals surface area contributed by atoms with Gasteiger partial charge in [0.15, 0.2) is 0 Å². The third kappa shape index (κ3) is 6.36. The molecule has 0 aromatic heterocycles. The first-order valence-corrected chi connectivity index (χ1v) is 13.0. The van der Waals surface area contributed by atoms with Crippen molar-refractivity contribution in [1.82, 2.24) is 14.7 Å². The maximum absolute atomic E-state index is 13.6. The van der Waals surface area contributed by atoms with Crippen LogP contribution in [-0.2, 0) is 20.7 Å². The topological polar surface area (TPSA) is 53.1 Å². The molecule has 3 aliphatic heterocycles. The van der Waals surface area contributed by atoms with Gasteiger partial charge in [-0.05, 0) is 63.1 Å². The predicted molar refractivity (Wildman–Crippen MR) is 130 cm³/mol. The summed E-state index contributed by atoms with van der Waals surface area (Å²) in [6, 6.07) is 10.9. The Balaban J connectivity index is 1.36. The molecule has 0 aliphatic carbocycles. The van der Waals surface area contributed by atoms with E-state index in [0.717, 1.165) is 25.9 Å². The van der Waals surface area contributed by atoms with Crippen molar-refractivity contribution in [1.29, 1.82) is 0 Å². The van der Waals surface area contributed by atoms with Crippen molar-refractivity contribution in [2.45, 2.75) is 57.4 Å². The molecule has 2 amide bonds. The minimum absolute atomic E-state index is 0.122. The third-order valence-corrected chi connectivity index (χ3v) is 7.85. The highest BCUT2D eigenvalue weighted by molar-refractivity contribution is 5.89. The van der Waals surface area contributed by atoms with Crippen molar-refractivity contribution >= 4 is 11.8 Å². The molecule has 1 aromatic carbocycles. The Kier molecular flexibility index (Phi) is 8.79. The van der Waals surface area contributed by atoms with Crippen molar-refractivity contribution in [3.63, 3.8) is 0 Å². The zero-order chi connectivity index (χ0) is 23.0. The summed E-state index contributed by atoms with van der Waals surface area (Å²) in [5.74, 6) is 0.644. The average molecular weight is 456 g/mol. The number of nitrogens with zero attached hydrogens (tertiary/aromatic N) is 3. The van der Waals surface area contributed by atoms with Gasteiger partial charge in [0.05, 0.1) is 5.92 Å². The maximum atomic E-state index is 13.6. The molecule has 33 heavy (non-hydrogen) atoms. The highest BCUT2D eigenvalue weighted by Crippen LogP contribution is 2.32. The van der Waals surface area contributed by atoms with E-state index in [1.165, 1.54) is 50.8 Å². The summed E-state index contributed by atoms with van der Waals surface area (Å²) < 4.78 is 5.27. The van der Waals surface area contributed by atoms with E-state index in [1.54, 1.807) is 7.11 Å². The molecule has 0 spiro atoms. The number of fused-ring (bicyclic) bond motifs is 1. The Hall–Kier alpha value is -1.92. The first kappa shape index (κ1) is 24.2. The van der Waals surface area contributed by atoms with Crippen LogP contribution in [-0.4, -0.2) is 85.5 Å². The van der Waals surface area contributed by atoms with Gasteiger partial charge < -0.3 is 19.4 Å². The normalized spacial score (nSPS) is 25.8. The average Bonchev–Trinajstić information content (AvgIpc) is 3.23. The zero-order valence-electron chi connectivity index (χ0n) is 20.3. The fraction of sp³-hybridized carbons (Fsp3) is 0.704. The van der Waals surface area contributed by atoms with E-state index < -0.39 is 0 Å². The summed E-state index contributed by atoms with van der Waals surface area (Å²) in [4.78, 5) is 33.0. The quantitative estimate of drug-likeness (QED) is 0.509.